The predicted octanol–water partition coefficient (Wildman–Crippen LogP) is 1.72. The third kappa shape index (κ3) is 9.31. The first-order chi connectivity index (χ1) is 11.7. The third-order valence-corrected chi connectivity index (χ3v) is 4.37. The molecule has 1 amide bonds. The van der Waals surface area contributed by atoms with Crippen molar-refractivity contribution in [3.63, 3.8) is 0 Å². The van der Waals surface area contributed by atoms with Crippen molar-refractivity contribution in [3.05, 3.63) is 12.8 Å². The largest absolute Gasteiger partial charge is 0.483 e. The minimum atomic E-state index is -0.885. The number of carboxylic acids is 1. The summed E-state index contributed by atoms with van der Waals surface area (Å²) in [6.45, 7) is 9.58. The molecule has 0 bridgehead atoms. The van der Waals surface area contributed by atoms with E-state index in [1.165, 1.54) is 6.92 Å². The number of amides is 1. The summed E-state index contributed by atoms with van der Waals surface area (Å²) in [5, 5.41) is 12.2. The van der Waals surface area contributed by atoms with Crippen LogP contribution in [0.2, 0.25) is 0 Å². The number of hydrogen-bond acceptors (Lipinski definition) is 3. The summed E-state index contributed by atoms with van der Waals surface area (Å²) in [7, 11) is 0. The minimum Gasteiger partial charge on any atom is -0.483 e. The number of carbonyl (C=O) groups excluding carboxylic acids is 1. The first-order valence-electron chi connectivity index (χ1n) is 8.89. The molecule has 1 rings (SSSR count). The Hall–Kier alpha value is -0.686. The second-order valence-corrected chi connectivity index (χ2v) is 6.45. The van der Waals surface area contributed by atoms with Crippen molar-refractivity contribution >= 4 is 17.8 Å². The van der Waals surface area contributed by atoms with Crippen molar-refractivity contribution in [1.82, 2.24) is 5.32 Å². The Kier molecular flexibility index (Phi) is 15.2. The summed E-state index contributed by atoms with van der Waals surface area (Å²) in [4.78, 5) is 27.1. The van der Waals surface area contributed by atoms with Gasteiger partial charge in [0, 0.05) is 51.7 Å². The minimum absolute atomic E-state index is 0. The number of hydrogen-bond donors (Lipinski definition) is 4. The molecule has 8 heteroatoms. The zero-order valence-corrected chi connectivity index (χ0v) is 19.4. The Bertz CT molecular complexity index is 452. The van der Waals surface area contributed by atoms with Crippen LogP contribution in [0.25, 0.3) is 0 Å². The van der Waals surface area contributed by atoms with Gasteiger partial charge < -0.3 is 34.7 Å². The van der Waals surface area contributed by atoms with E-state index in [-0.39, 0.29) is 68.5 Å². The van der Waals surface area contributed by atoms with Crippen LogP contribution in [0.15, 0.2) is 4.99 Å². The van der Waals surface area contributed by atoms with E-state index in [2.05, 4.69) is 24.2 Å². The molecule has 0 unspecified atom stereocenters. The van der Waals surface area contributed by atoms with E-state index in [0.717, 1.165) is 12.8 Å². The topological polar surface area (TPSA) is 131 Å². The van der Waals surface area contributed by atoms with Gasteiger partial charge in [-0.1, -0.05) is 32.6 Å². The van der Waals surface area contributed by atoms with Gasteiger partial charge in [0.25, 0.3) is 5.97 Å². The zero-order valence-electron chi connectivity index (χ0n) is 16.6. The average molecular weight is 443 g/mol. The van der Waals surface area contributed by atoms with Gasteiger partial charge in [-0.2, -0.15) is 13.8 Å². The molecule has 4 atom stereocenters. The van der Waals surface area contributed by atoms with Gasteiger partial charge in [0.2, 0.25) is 5.91 Å². The summed E-state index contributed by atoms with van der Waals surface area (Å²) in [5.41, 5.74) is 11.0. The first kappa shape index (κ1) is 27.5. The first-order valence-corrected chi connectivity index (χ1v) is 8.89. The second-order valence-electron chi connectivity index (χ2n) is 6.45. The fourth-order valence-electron chi connectivity index (χ4n) is 3.32. The summed E-state index contributed by atoms with van der Waals surface area (Å²) in [6, 6.07) is -0.478. The van der Waals surface area contributed by atoms with Crippen LogP contribution >= 0.6 is 0 Å². The van der Waals surface area contributed by atoms with E-state index in [0.29, 0.717) is 6.42 Å². The summed E-state index contributed by atoms with van der Waals surface area (Å²) >= 11 is 0. The van der Waals surface area contributed by atoms with E-state index >= 15 is 0 Å². The number of nitrogens with one attached hydrogen (secondary N) is 1. The third-order valence-electron chi connectivity index (χ3n) is 4.37. The second kappa shape index (κ2) is 14.4. The molecule has 0 spiro atoms. The average Bonchev–Trinajstić information content (AvgIpc) is 2.91. The molecule has 1 aliphatic rings. The van der Waals surface area contributed by atoms with Crippen LogP contribution in [-0.4, -0.2) is 35.0 Å². The van der Waals surface area contributed by atoms with Crippen LogP contribution in [0, 0.1) is 30.6 Å². The summed E-state index contributed by atoms with van der Waals surface area (Å²) in [6.07, 6.45) is 5.91. The number of guanidine groups is 1. The van der Waals surface area contributed by atoms with Gasteiger partial charge >= 0.3 is 0 Å². The molecule has 0 aromatic heterocycles. The van der Waals surface area contributed by atoms with Gasteiger partial charge in [0.1, 0.15) is 0 Å². The van der Waals surface area contributed by atoms with Gasteiger partial charge in [-0.3, -0.25) is 14.6 Å². The van der Waals surface area contributed by atoms with Crippen molar-refractivity contribution in [3.8, 4) is 0 Å². The molecule has 1 radical (unpaired) electrons. The Morgan fingerprint density at radius 2 is 1.81 bits per heavy atom. The number of aliphatic imine (C=N–C) groups is 1. The Balaban J connectivity index is 0. The van der Waals surface area contributed by atoms with E-state index in [1.54, 1.807) is 6.42 Å². The van der Waals surface area contributed by atoms with E-state index < -0.39 is 11.9 Å². The van der Waals surface area contributed by atoms with Crippen LogP contribution in [-0.2, 0) is 42.3 Å². The van der Waals surface area contributed by atoms with Crippen molar-refractivity contribution in [2.75, 3.05) is 0 Å². The molecule has 1 fully saturated rings. The molecule has 6 N–H and O–H groups in total. The number of nitrogens with two attached hydrogens (primary N) is 2. The maximum atomic E-state index is 11.6. The van der Waals surface area contributed by atoms with Crippen molar-refractivity contribution in [2.45, 2.75) is 66.0 Å². The molecule has 149 valence electrons. The Morgan fingerprint density at radius 3 is 2.15 bits per heavy atom. The molecule has 0 aliphatic heterocycles. The van der Waals surface area contributed by atoms with Crippen LogP contribution in [0.4, 0.5) is 0 Å². The Labute approximate surface area is 183 Å². The summed E-state index contributed by atoms with van der Waals surface area (Å²) < 4.78 is 0. The van der Waals surface area contributed by atoms with Gasteiger partial charge in [0.15, 0.2) is 5.96 Å². The number of carboxylic acid groups (broad SMARTS) is 1. The van der Waals surface area contributed by atoms with Crippen LogP contribution in [0.5, 0.6) is 0 Å². The molecule has 0 aromatic rings. The van der Waals surface area contributed by atoms with Crippen molar-refractivity contribution in [1.29, 1.82) is 0 Å². The Morgan fingerprint density at radius 1 is 1.31 bits per heavy atom. The number of aliphatic carboxylic acids is 1. The fraction of sp³-hybridized carbons (Fsp3) is 0.722. The SMILES string of the molecule is CCC(CC)[C@@H](NC(C)=O)[C@@H]1[CH-][C@@H](C(=O)O)C[C@H]1N=C(N)N.C[CH-]C.[Y]. The molecule has 0 aromatic carbocycles. The fourth-order valence-corrected chi connectivity index (χ4v) is 3.32. The van der Waals surface area contributed by atoms with Crippen LogP contribution in [0.1, 0.15) is 53.9 Å². The normalized spacial score (nSPS) is 22.5. The van der Waals surface area contributed by atoms with Crippen molar-refractivity contribution in [2.24, 2.45) is 34.2 Å². The van der Waals surface area contributed by atoms with Crippen molar-refractivity contribution < 1.29 is 47.4 Å². The maximum absolute atomic E-state index is 11.6. The van der Waals surface area contributed by atoms with E-state index in [1.807, 2.05) is 20.3 Å². The monoisotopic (exact) mass is 443 g/mol. The van der Waals surface area contributed by atoms with E-state index in [4.69, 9.17) is 11.5 Å². The maximum Gasteiger partial charge on any atom is 0.276 e. The zero-order chi connectivity index (χ0) is 19.6. The molecule has 7 nitrogen and oxygen atoms in total. The molecular weight excluding hydrogens is 409 g/mol. The van der Waals surface area contributed by atoms with Gasteiger partial charge in [-0.05, 0) is 12.3 Å². The van der Waals surface area contributed by atoms with Gasteiger partial charge in [-0.15, -0.1) is 5.92 Å². The van der Waals surface area contributed by atoms with E-state index in [9.17, 15) is 14.7 Å². The summed E-state index contributed by atoms with van der Waals surface area (Å²) in [5.74, 6) is -1.60. The van der Waals surface area contributed by atoms with Crippen LogP contribution in [0.3, 0.4) is 0 Å². The smallest absolute Gasteiger partial charge is 0.276 e. The molecule has 26 heavy (non-hydrogen) atoms. The predicted molar refractivity (Wildman–Crippen MR) is 100 cm³/mol. The number of rotatable bonds is 7. The van der Waals surface area contributed by atoms with Crippen LogP contribution < -0.4 is 16.8 Å². The molecule has 1 saturated carbocycles. The quantitative estimate of drug-likeness (QED) is 0.270. The van der Waals surface area contributed by atoms with Gasteiger partial charge in [0.05, 0.1) is 0 Å². The van der Waals surface area contributed by atoms with Gasteiger partial charge in [-0.25, -0.2) is 0 Å². The molecule has 0 saturated heterocycles. The number of carbonyl (C=O) groups is 2. The molecule has 1 aliphatic carbocycles. The molecule has 0 heterocycles. The molecular formula is C18H34N4O3Y-2. The standard InChI is InChI=1S/C15H27N4O3.C3H7.Y/c1-4-9(5-2)13(18-8(3)20)11-6-10(14(21)22)7-12(11)19-15(16)17;1-3-2;/h6,9-13H,4-5,7H2,1-3H3,(H,18,20)(H,21,22)(H4,16,17,19);3H,1-2H3;/q2*-1;/t10-,11-,12-,13-;;/m1../s1. The number of nitrogens with zero attached hydrogens (tertiary/aromatic N) is 1.